The molecule has 0 N–H and O–H groups in total. The maximum atomic E-state index is 10.5. The molecule has 6 heteroatoms. The van der Waals surface area contributed by atoms with E-state index in [4.69, 9.17) is 9.47 Å². The van der Waals surface area contributed by atoms with Crippen LogP contribution in [0.3, 0.4) is 0 Å². The van der Waals surface area contributed by atoms with Crippen molar-refractivity contribution in [3.8, 4) is 0 Å². The summed E-state index contributed by atoms with van der Waals surface area (Å²) in [7, 11) is 0. The third-order valence-electron chi connectivity index (χ3n) is 2.64. The van der Waals surface area contributed by atoms with Crippen LogP contribution in [0.1, 0.15) is 6.92 Å². The number of nitrogens with zero attached hydrogens (tertiary/aromatic N) is 2. The first-order valence-electron chi connectivity index (χ1n) is 5.85. The summed E-state index contributed by atoms with van der Waals surface area (Å²) in [5.41, 5.74) is 0. The van der Waals surface area contributed by atoms with E-state index in [9.17, 15) is 9.59 Å². The molecule has 6 nitrogen and oxygen atoms in total. The minimum Gasteiger partial charge on any atom is -0.463 e. The number of piperazine rings is 1. The van der Waals surface area contributed by atoms with Gasteiger partial charge in [-0.2, -0.15) is 0 Å². The Kier molecular flexibility index (Phi) is 6.57. The van der Waals surface area contributed by atoms with Crippen molar-refractivity contribution < 1.29 is 19.1 Å². The normalized spacial score (nSPS) is 16.9. The second-order valence-electron chi connectivity index (χ2n) is 3.94. The van der Waals surface area contributed by atoms with Crippen LogP contribution in [0.25, 0.3) is 0 Å². The molecular weight excluding hydrogens is 224 g/mol. The average Bonchev–Trinajstić information content (AvgIpc) is 2.34. The van der Waals surface area contributed by atoms with Crippen LogP contribution < -0.4 is 0 Å². The number of carbonyl (C=O) groups is 2. The van der Waals surface area contributed by atoms with E-state index in [-0.39, 0.29) is 5.97 Å². The highest BCUT2D eigenvalue weighted by Gasteiger charge is 2.14. The van der Waals surface area contributed by atoms with Gasteiger partial charge in [-0.1, -0.05) is 0 Å². The fourth-order valence-electron chi connectivity index (χ4n) is 1.63. The molecule has 0 radical (unpaired) electrons. The quantitative estimate of drug-likeness (QED) is 0.338. The molecular formula is C11H20N2O4. The molecule has 1 aliphatic rings. The third-order valence-corrected chi connectivity index (χ3v) is 2.64. The fourth-order valence-corrected chi connectivity index (χ4v) is 1.63. The van der Waals surface area contributed by atoms with E-state index in [1.165, 1.54) is 6.92 Å². The van der Waals surface area contributed by atoms with Crippen molar-refractivity contribution in [3.05, 3.63) is 0 Å². The molecule has 1 aliphatic heterocycles. The Hall–Kier alpha value is -1.14. The number of ether oxygens (including phenoxy) is 2. The number of rotatable bonds is 7. The molecule has 1 rings (SSSR count). The van der Waals surface area contributed by atoms with E-state index >= 15 is 0 Å². The lowest BCUT2D eigenvalue weighted by Crippen LogP contribution is -2.46. The summed E-state index contributed by atoms with van der Waals surface area (Å²) in [6, 6.07) is 0. The third kappa shape index (κ3) is 6.23. The molecule has 1 heterocycles. The smallest absolute Gasteiger partial charge is 0.302 e. The van der Waals surface area contributed by atoms with Gasteiger partial charge in [0.1, 0.15) is 6.61 Å². The molecule has 0 saturated carbocycles. The molecule has 1 saturated heterocycles. The van der Waals surface area contributed by atoms with Gasteiger partial charge in [0, 0.05) is 39.6 Å². The van der Waals surface area contributed by atoms with Crippen LogP contribution in [0, 0.1) is 0 Å². The molecule has 0 atom stereocenters. The Morgan fingerprint density at radius 1 is 1.18 bits per heavy atom. The first-order chi connectivity index (χ1) is 8.22. The van der Waals surface area contributed by atoms with Gasteiger partial charge in [-0.3, -0.25) is 14.5 Å². The first-order valence-corrected chi connectivity index (χ1v) is 5.85. The summed E-state index contributed by atoms with van der Waals surface area (Å²) in [4.78, 5) is 25.0. The van der Waals surface area contributed by atoms with E-state index in [0.29, 0.717) is 19.8 Å². The van der Waals surface area contributed by atoms with E-state index in [2.05, 4.69) is 4.90 Å². The first kappa shape index (κ1) is 13.9. The maximum Gasteiger partial charge on any atom is 0.302 e. The largest absolute Gasteiger partial charge is 0.463 e. The van der Waals surface area contributed by atoms with Gasteiger partial charge in [0.15, 0.2) is 0 Å². The number of carbonyl (C=O) groups excluding carboxylic acids is 2. The monoisotopic (exact) mass is 244 g/mol. The van der Waals surface area contributed by atoms with Crippen LogP contribution in [-0.2, 0) is 19.1 Å². The zero-order chi connectivity index (χ0) is 12.5. The lowest BCUT2D eigenvalue weighted by atomic mass is 10.3. The molecule has 0 aromatic heterocycles. The van der Waals surface area contributed by atoms with Crippen molar-refractivity contribution >= 4 is 12.4 Å². The van der Waals surface area contributed by atoms with Crippen molar-refractivity contribution in [2.75, 3.05) is 52.5 Å². The van der Waals surface area contributed by atoms with Crippen LogP contribution in [0.2, 0.25) is 0 Å². The molecule has 0 spiro atoms. The summed E-state index contributed by atoms with van der Waals surface area (Å²) in [5.74, 6) is -0.279. The number of esters is 1. The Labute approximate surface area is 101 Å². The minimum absolute atomic E-state index is 0.279. The van der Waals surface area contributed by atoms with E-state index in [1.54, 1.807) is 4.90 Å². The van der Waals surface area contributed by atoms with Crippen molar-refractivity contribution in [1.29, 1.82) is 0 Å². The highest BCUT2D eigenvalue weighted by Crippen LogP contribution is 1.98. The Morgan fingerprint density at radius 3 is 2.47 bits per heavy atom. The van der Waals surface area contributed by atoms with Gasteiger partial charge in [0.25, 0.3) is 0 Å². The molecule has 1 amide bonds. The predicted molar refractivity (Wildman–Crippen MR) is 61.5 cm³/mol. The van der Waals surface area contributed by atoms with Gasteiger partial charge < -0.3 is 14.4 Å². The van der Waals surface area contributed by atoms with Crippen LogP contribution in [0.15, 0.2) is 0 Å². The van der Waals surface area contributed by atoms with Crippen LogP contribution in [0.5, 0.6) is 0 Å². The van der Waals surface area contributed by atoms with Gasteiger partial charge in [-0.15, -0.1) is 0 Å². The second-order valence-corrected chi connectivity index (χ2v) is 3.94. The summed E-state index contributed by atoms with van der Waals surface area (Å²) < 4.78 is 10.1. The highest BCUT2D eigenvalue weighted by molar-refractivity contribution is 5.65. The Balaban J connectivity index is 1.93. The molecule has 17 heavy (non-hydrogen) atoms. The van der Waals surface area contributed by atoms with Gasteiger partial charge >= 0.3 is 5.97 Å². The van der Waals surface area contributed by atoms with Crippen LogP contribution >= 0.6 is 0 Å². The van der Waals surface area contributed by atoms with Crippen molar-refractivity contribution in [2.24, 2.45) is 0 Å². The van der Waals surface area contributed by atoms with Crippen molar-refractivity contribution in [3.63, 3.8) is 0 Å². The van der Waals surface area contributed by atoms with Crippen molar-refractivity contribution in [1.82, 2.24) is 9.80 Å². The lowest BCUT2D eigenvalue weighted by molar-refractivity contribution is -0.142. The van der Waals surface area contributed by atoms with Crippen LogP contribution in [0.4, 0.5) is 0 Å². The SMILES string of the molecule is CC(=O)OCCOCCN1CCN(C=O)CC1. The fraction of sp³-hybridized carbons (Fsp3) is 0.818. The Bertz CT molecular complexity index is 240. The van der Waals surface area contributed by atoms with Gasteiger partial charge in [-0.25, -0.2) is 0 Å². The summed E-state index contributed by atoms with van der Waals surface area (Å²) in [5, 5.41) is 0. The van der Waals surface area contributed by atoms with E-state index in [1.807, 2.05) is 0 Å². The van der Waals surface area contributed by atoms with Crippen LogP contribution in [-0.4, -0.2) is 74.7 Å². The zero-order valence-electron chi connectivity index (χ0n) is 10.3. The topological polar surface area (TPSA) is 59.1 Å². The number of hydrogen-bond acceptors (Lipinski definition) is 5. The summed E-state index contributed by atoms with van der Waals surface area (Å²) in [6.07, 6.45) is 0.896. The molecule has 98 valence electrons. The van der Waals surface area contributed by atoms with Gasteiger partial charge in [0.2, 0.25) is 6.41 Å². The summed E-state index contributed by atoms with van der Waals surface area (Å²) >= 11 is 0. The molecule has 0 aromatic carbocycles. The van der Waals surface area contributed by atoms with E-state index in [0.717, 1.165) is 39.1 Å². The average molecular weight is 244 g/mol. The molecule has 0 aromatic rings. The number of amides is 1. The highest BCUT2D eigenvalue weighted by atomic mass is 16.6. The second kappa shape index (κ2) is 8.03. The van der Waals surface area contributed by atoms with Gasteiger partial charge in [-0.05, 0) is 0 Å². The number of hydrogen-bond donors (Lipinski definition) is 0. The van der Waals surface area contributed by atoms with Gasteiger partial charge in [0.05, 0.1) is 13.2 Å². The predicted octanol–water partition coefficient (Wildman–Crippen LogP) is -0.660. The van der Waals surface area contributed by atoms with Crippen molar-refractivity contribution in [2.45, 2.75) is 6.92 Å². The minimum atomic E-state index is -0.279. The zero-order valence-corrected chi connectivity index (χ0v) is 10.3. The standard InChI is InChI=1S/C11H20N2O4/c1-11(15)17-9-8-16-7-6-12-2-4-13(10-14)5-3-12/h10H,2-9H2,1H3. The molecule has 0 unspecified atom stereocenters. The lowest BCUT2D eigenvalue weighted by Gasteiger charge is -2.32. The van der Waals surface area contributed by atoms with E-state index < -0.39 is 0 Å². The summed E-state index contributed by atoms with van der Waals surface area (Å²) in [6.45, 7) is 6.98. The maximum absolute atomic E-state index is 10.5. The molecule has 0 bridgehead atoms. The molecule has 1 fully saturated rings. The Morgan fingerprint density at radius 2 is 1.88 bits per heavy atom. The molecule has 0 aliphatic carbocycles.